The van der Waals surface area contributed by atoms with E-state index in [1.807, 2.05) is 24.9 Å². The van der Waals surface area contributed by atoms with Gasteiger partial charge in [-0.15, -0.1) is 0 Å². The van der Waals surface area contributed by atoms with Crippen molar-refractivity contribution in [1.29, 1.82) is 0 Å². The molecule has 12 nitrogen and oxygen atoms in total. The molecule has 2 N–H and O–H groups in total. The van der Waals surface area contributed by atoms with E-state index in [4.69, 9.17) is 18.6 Å². The van der Waals surface area contributed by atoms with Gasteiger partial charge in [0.2, 0.25) is 5.95 Å². The van der Waals surface area contributed by atoms with Crippen molar-refractivity contribution in [2.75, 3.05) is 63.8 Å². The first-order valence-electron chi connectivity index (χ1n) is 14.8. The number of fused-ring (bicyclic) bond motifs is 1. The van der Waals surface area contributed by atoms with Crippen molar-refractivity contribution >= 4 is 17.5 Å². The molecule has 2 aliphatic heterocycles. The van der Waals surface area contributed by atoms with Crippen LogP contribution in [0.3, 0.4) is 0 Å². The second kappa shape index (κ2) is 14.3. The summed E-state index contributed by atoms with van der Waals surface area (Å²) in [5, 5.41) is 14.2. The first-order valence-corrected chi connectivity index (χ1v) is 14.8. The molecule has 0 radical (unpaired) electrons. The van der Waals surface area contributed by atoms with Gasteiger partial charge < -0.3 is 34.0 Å². The molecule has 12 heteroatoms. The molecule has 0 bridgehead atoms. The van der Waals surface area contributed by atoms with Crippen molar-refractivity contribution in [3.63, 3.8) is 0 Å². The van der Waals surface area contributed by atoms with Crippen molar-refractivity contribution in [1.82, 2.24) is 19.9 Å². The van der Waals surface area contributed by atoms with Crippen LogP contribution in [-0.2, 0) is 29.0 Å². The van der Waals surface area contributed by atoms with Crippen LogP contribution in [0.15, 0.2) is 29.0 Å². The SMILES string of the molecule is COCCN(C)c1nc(NC2COC2)cc(C(=O)CC[C@H](O)CN2CCc3c(ccc(OCc4ocnc4C)c3C)C2)n1. The number of hydrogen-bond acceptors (Lipinski definition) is 12. The maximum atomic E-state index is 13.2. The highest BCUT2D eigenvalue weighted by molar-refractivity contribution is 5.95. The van der Waals surface area contributed by atoms with E-state index < -0.39 is 6.10 Å². The van der Waals surface area contributed by atoms with Crippen LogP contribution >= 0.6 is 0 Å². The second-order valence-corrected chi connectivity index (χ2v) is 11.3. The van der Waals surface area contributed by atoms with E-state index in [0.29, 0.717) is 63.4 Å². The zero-order valence-corrected chi connectivity index (χ0v) is 25.5. The number of benzene rings is 1. The molecule has 0 spiro atoms. The normalized spacial score (nSPS) is 15.9. The Labute approximate surface area is 252 Å². The van der Waals surface area contributed by atoms with Gasteiger partial charge in [-0.25, -0.2) is 9.97 Å². The number of β-amino-alcohol motifs (C(OH)–C–C–N with tert-alkyl or cyclic N) is 1. The Morgan fingerprint density at radius 2 is 2.12 bits per heavy atom. The van der Waals surface area contributed by atoms with Gasteiger partial charge in [0.15, 0.2) is 17.9 Å². The largest absolute Gasteiger partial charge is 0.485 e. The topological polar surface area (TPSA) is 135 Å². The summed E-state index contributed by atoms with van der Waals surface area (Å²) >= 11 is 0. The number of aliphatic hydroxyl groups excluding tert-OH is 1. The van der Waals surface area contributed by atoms with E-state index in [1.54, 1.807) is 13.2 Å². The molecule has 1 fully saturated rings. The summed E-state index contributed by atoms with van der Waals surface area (Å²) in [6, 6.07) is 5.96. The Morgan fingerprint density at radius 3 is 2.84 bits per heavy atom. The number of carbonyl (C=O) groups is 1. The van der Waals surface area contributed by atoms with Gasteiger partial charge in [0, 0.05) is 52.8 Å². The molecule has 1 atom stereocenters. The summed E-state index contributed by atoms with van der Waals surface area (Å²) in [5.41, 5.74) is 4.83. The summed E-state index contributed by atoms with van der Waals surface area (Å²) in [5.74, 6) is 2.50. The number of ketones is 1. The van der Waals surface area contributed by atoms with E-state index in [2.05, 4.69) is 38.2 Å². The predicted octanol–water partition coefficient (Wildman–Crippen LogP) is 2.94. The third kappa shape index (κ3) is 7.88. The van der Waals surface area contributed by atoms with Gasteiger partial charge >= 0.3 is 0 Å². The fraction of sp³-hybridized carbons (Fsp3) is 0.548. The molecule has 43 heavy (non-hydrogen) atoms. The lowest BCUT2D eigenvalue weighted by molar-refractivity contribution is 0.0209. The van der Waals surface area contributed by atoms with Crippen LogP contribution in [0.25, 0.3) is 0 Å². The molecule has 0 aliphatic carbocycles. The number of hydrogen-bond donors (Lipinski definition) is 2. The number of aryl methyl sites for hydroxylation is 1. The Morgan fingerprint density at radius 1 is 1.28 bits per heavy atom. The lowest BCUT2D eigenvalue weighted by Gasteiger charge is -2.31. The third-order valence-corrected chi connectivity index (χ3v) is 8.06. The fourth-order valence-electron chi connectivity index (χ4n) is 5.29. The quantitative estimate of drug-likeness (QED) is 0.251. The Balaban J connectivity index is 1.15. The van der Waals surface area contributed by atoms with Crippen LogP contribution in [0.1, 0.15) is 51.5 Å². The van der Waals surface area contributed by atoms with Crippen molar-refractivity contribution < 1.29 is 28.5 Å². The van der Waals surface area contributed by atoms with E-state index in [-0.39, 0.29) is 18.2 Å². The van der Waals surface area contributed by atoms with Crippen LogP contribution in [0, 0.1) is 13.8 Å². The average Bonchev–Trinajstić information content (AvgIpc) is 3.40. The molecule has 1 saturated heterocycles. The molecule has 4 heterocycles. The predicted molar refractivity (Wildman–Crippen MR) is 161 cm³/mol. The summed E-state index contributed by atoms with van der Waals surface area (Å²) in [6.07, 6.45) is 2.22. The highest BCUT2D eigenvalue weighted by atomic mass is 16.5. The lowest BCUT2D eigenvalue weighted by atomic mass is 9.94. The van der Waals surface area contributed by atoms with E-state index >= 15 is 0 Å². The molecular weight excluding hydrogens is 552 g/mol. The molecule has 232 valence electrons. The Bertz CT molecular complexity index is 1390. The molecule has 2 aliphatic rings. The monoisotopic (exact) mass is 594 g/mol. The van der Waals surface area contributed by atoms with Gasteiger partial charge in [-0.1, -0.05) is 6.07 Å². The van der Waals surface area contributed by atoms with Crippen LogP contribution < -0.4 is 15.0 Å². The van der Waals surface area contributed by atoms with Crippen molar-refractivity contribution in [3.8, 4) is 5.75 Å². The Kier molecular flexibility index (Phi) is 10.2. The van der Waals surface area contributed by atoms with Gasteiger partial charge in [0.1, 0.15) is 23.9 Å². The number of Topliss-reactive ketones (excluding diaryl/α,β-unsaturated/α-hetero) is 1. The van der Waals surface area contributed by atoms with Gasteiger partial charge in [0.05, 0.1) is 37.7 Å². The zero-order chi connectivity index (χ0) is 30.3. The number of aromatic nitrogens is 3. The van der Waals surface area contributed by atoms with Gasteiger partial charge in [-0.2, -0.15) is 4.98 Å². The number of nitrogens with one attached hydrogen (secondary N) is 1. The van der Waals surface area contributed by atoms with Crippen molar-refractivity contribution in [2.45, 2.75) is 58.4 Å². The number of methoxy groups -OCH3 is 1. The van der Waals surface area contributed by atoms with Crippen LogP contribution in [0.5, 0.6) is 5.75 Å². The number of oxazole rings is 1. The number of likely N-dealkylation sites (N-methyl/N-ethyl adjacent to an activating group) is 1. The molecule has 1 aromatic carbocycles. The lowest BCUT2D eigenvalue weighted by Crippen LogP contribution is -2.40. The van der Waals surface area contributed by atoms with Gasteiger partial charge in [0.25, 0.3) is 0 Å². The molecule has 0 unspecified atom stereocenters. The highest BCUT2D eigenvalue weighted by Gasteiger charge is 2.24. The second-order valence-electron chi connectivity index (χ2n) is 11.3. The van der Waals surface area contributed by atoms with E-state index in [0.717, 1.165) is 42.3 Å². The standard InChI is InChI=1S/C31H42N6O6/c1-20-25-9-10-37(14-22(25)5-8-28(20)42-18-29-21(2)32-19-43-29)15-24(38)6-7-27(39)26-13-30(33-23-16-41-17-23)35-31(34-26)36(3)11-12-40-4/h5,8,13,19,23-24,38H,6-7,9-12,14-18H2,1-4H3,(H,33,34,35)/t24-/m0/s1. The third-order valence-electron chi connectivity index (χ3n) is 8.06. The maximum Gasteiger partial charge on any atom is 0.227 e. The average molecular weight is 595 g/mol. The fourth-order valence-corrected chi connectivity index (χ4v) is 5.29. The van der Waals surface area contributed by atoms with Crippen LogP contribution in [-0.4, -0.2) is 96.5 Å². The van der Waals surface area contributed by atoms with E-state index in [9.17, 15) is 9.90 Å². The highest BCUT2D eigenvalue weighted by Crippen LogP contribution is 2.30. The zero-order valence-electron chi connectivity index (χ0n) is 25.5. The number of anilines is 2. The van der Waals surface area contributed by atoms with Crippen LogP contribution in [0.2, 0.25) is 0 Å². The number of rotatable bonds is 15. The van der Waals surface area contributed by atoms with Crippen molar-refractivity contribution in [2.24, 2.45) is 0 Å². The first-order chi connectivity index (χ1) is 20.8. The summed E-state index contributed by atoms with van der Waals surface area (Å²) in [4.78, 5) is 30.5. The smallest absolute Gasteiger partial charge is 0.227 e. The molecule has 3 aromatic rings. The van der Waals surface area contributed by atoms with Crippen LogP contribution in [0.4, 0.5) is 11.8 Å². The summed E-state index contributed by atoms with van der Waals surface area (Å²) in [6.45, 7) is 8.72. The number of nitrogens with zero attached hydrogens (tertiary/aromatic N) is 5. The summed E-state index contributed by atoms with van der Waals surface area (Å²) in [7, 11) is 3.51. The molecule has 5 rings (SSSR count). The number of ether oxygens (including phenoxy) is 3. The van der Waals surface area contributed by atoms with E-state index in [1.165, 1.54) is 17.5 Å². The molecule has 2 aromatic heterocycles. The van der Waals surface area contributed by atoms with Gasteiger partial charge in [-0.05, 0) is 49.4 Å². The minimum atomic E-state index is -0.630. The molecule has 0 saturated carbocycles. The molecular formula is C31H42N6O6. The minimum absolute atomic E-state index is 0.122. The summed E-state index contributed by atoms with van der Waals surface area (Å²) < 4.78 is 21.9. The Hall–Kier alpha value is -3.58. The van der Waals surface area contributed by atoms with Gasteiger partial charge in [-0.3, -0.25) is 9.69 Å². The number of aliphatic hydroxyl groups is 1. The first kappa shape index (κ1) is 30.9. The maximum absolute atomic E-state index is 13.2. The number of carbonyl (C=O) groups excluding carboxylic acids is 1. The minimum Gasteiger partial charge on any atom is -0.485 e. The molecule has 0 amide bonds. The van der Waals surface area contributed by atoms with Crippen molar-refractivity contribution in [3.05, 3.63) is 58.4 Å².